The Kier molecular flexibility index (Phi) is 14.0. The Morgan fingerprint density at radius 2 is 1.75 bits per heavy atom. The zero-order chi connectivity index (χ0) is 27.1. The molecule has 8 nitrogen and oxygen atoms in total. The number of esters is 1. The molecule has 0 fully saturated rings. The highest BCUT2D eigenvalue weighted by molar-refractivity contribution is 5.95. The Labute approximate surface area is 217 Å². The number of nitrogen functional groups attached to an aromatic ring is 1. The van der Waals surface area contributed by atoms with Gasteiger partial charge in [0.15, 0.2) is 0 Å². The minimum Gasteiger partial charge on any atom is -0.495 e. The molecule has 0 saturated carbocycles. The van der Waals surface area contributed by atoms with Crippen molar-refractivity contribution in [1.29, 1.82) is 0 Å². The van der Waals surface area contributed by atoms with Crippen molar-refractivity contribution < 1.29 is 23.8 Å². The second-order valence-corrected chi connectivity index (χ2v) is 10.5. The quantitative estimate of drug-likeness (QED) is 0.126. The van der Waals surface area contributed by atoms with Crippen molar-refractivity contribution in [3.8, 4) is 5.75 Å². The van der Waals surface area contributed by atoms with Crippen molar-refractivity contribution in [2.75, 3.05) is 56.5 Å². The van der Waals surface area contributed by atoms with Crippen LogP contribution in [0.25, 0.3) is 0 Å². The van der Waals surface area contributed by atoms with Crippen LogP contribution in [-0.2, 0) is 19.1 Å². The maximum atomic E-state index is 12.8. The zero-order valence-corrected chi connectivity index (χ0v) is 23.2. The number of rotatable bonds is 17. The molecule has 0 spiro atoms. The van der Waals surface area contributed by atoms with Crippen molar-refractivity contribution in [3.05, 3.63) is 24.8 Å². The topological polar surface area (TPSA) is 103 Å². The molecule has 0 aliphatic carbocycles. The monoisotopic (exact) mass is 505 g/mol. The van der Waals surface area contributed by atoms with E-state index in [1.165, 1.54) is 6.08 Å². The molecule has 1 amide bonds. The molecule has 0 aromatic heterocycles. The summed E-state index contributed by atoms with van der Waals surface area (Å²) in [6.07, 6.45) is 5.95. The fourth-order valence-corrected chi connectivity index (χ4v) is 4.28. The summed E-state index contributed by atoms with van der Waals surface area (Å²) in [5, 5.41) is 3.01. The van der Waals surface area contributed by atoms with E-state index in [9.17, 15) is 9.59 Å². The van der Waals surface area contributed by atoms with E-state index in [2.05, 4.69) is 44.5 Å². The van der Waals surface area contributed by atoms with Crippen molar-refractivity contribution in [3.63, 3.8) is 0 Å². The predicted molar refractivity (Wildman–Crippen MR) is 148 cm³/mol. The number of carbonyl (C=O) groups is 2. The molecule has 0 heterocycles. The molecular weight excluding hydrogens is 458 g/mol. The fourth-order valence-electron chi connectivity index (χ4n) is 4.28. The molecule has 0 saturated heterocycles. The number of carbonyl (C=O) groups excluding carboxylic acids is 2. The highest BCUT2D eigenvalue weighted by atomic mass is 16.5. The molecule has 8 heteroatoms. The van der Waals surface area contributed by atoms with Gasteiger partial charge in [-0.05, 0) is 49.5 Å². The van der Waals surface area contributed by atoms with E-state index in [-0.39, 0.29) is 17.2 Å². The van der Waals surface area contributed by atoms with Gasteiger partial charge in [0.2, 0.25) is 5.91 Å². The third-order valence-corrected chi connectivity index (χ3v) is 5.72. The van der Waals surface area contributed by atoms with Gasteiger partial charge in [0.25, 0.3) is 0 Å². The molecule has 3 N–H and O–H groups in total. The van der Waals surface area contributed by atoms with Gasteiger partial charge in [-0.15, -0.1) is 0 Å². The van der Waals surface area contributed by atoms with Crippen LogP contribution in [0.2, 0.25) is 0 Å². The molecule has 1 atom stereocenters. The van der Waals surface area contributed by atoms with E-state index in [0.717, 1.165) is 50.9 Å². The van der Waals surface area contributed by atoms with Crippen molar-refractivity contribution >= 4 is 28.9 Å². The number of nitrogens with one attached hydrogen (secondary N) is 1. The number of hydrogen-bond acceptors (Lipinski definition) is 7. The number of amides is 1. The van der Waals surface area contributed by atoms with Gasteiger partial charge in [0, 0.05) is 45.4 Å². The second-order valence-electron chi connectivity index (χ2n) is 10.5. The first-order valence-corrected chi connectivity index (χ1v) is 12.8. The summed E-state index contributed by atoms with van der Waals surface area (Å²) in [6.45, 7) is 14.6. The average molecular weight is 506 g/mol. The number of nitrogens with zero attached hydrogens (tertiary/aromatic N) is 1. The Morgan fingerprint density at radius 3 is 2.31 bits per heavy atom. The van der Waals surface area contributed by atoms with Crippen LogP contribution in [0.3, 0.4) is 0 Å². The first-order chi connectivity index (χ1) is 17.0. The van der Waals surface area contributed by atoms with Gasteiger partial charge < -0.3 is 30.2 Å². The lowest BCUT2D eigenvalue weighted by atomic mass is 9.84. The molecule has 1 unspecified atom stereocenters. The zero-order valence-electron chi connectivity index (χ0n) is 23.2. The summed E-state index contributed by atoms with van der Waals surface area (Å²) in [6, 6.07) is 3.66. The van der Waals surface area contributed by atoms with Crippen molar-refractivity contribution in [2.24, 2.45) is 11.3 Å². The van der Waals surface area contributed by atoms with Crippen LogP contribution in [0.15, 0.2) is 24.8 Å². The Hall–Kier alpha value is -2.74. The number of methoxy groups -OCH3 is 2. The van der Waals surface area contributed by atoms with Gasteiger partial charge in [0.05, 0.1) is 30.8 Å². The van der Waals surface area contributed by atoms with Gasteiger partial charge >= 0.3 is 5.97 Å². The number of ether oxygens (including phenoxy) is 3. The Morgan fingerprint density at radius 1 is 1.11 bits per heavy atom. The van der Waals surface area contributed by atoms with E-state index in [1.807, 2.05) is 6.07 Å². The van der Waals surface area contributed by atoms with Crippen LogP contribution in [0.5, 0.6) is 5.75 Å². The molecule has 0 radical (unpaired) electrons. The summed E-state index contributed by atoms with van der Waals surface area (Å²) in [5.41, 5.74) is 8.36. The smallest absolute Gasteiger partial charge is 0.330 e. The van der Waals surface area contributed by atoms with Crippen molar-refractivity contribution in [2.45, 2.75) is 66.2 Å². The second kappa shape index (κ2) is 16.1. The lowest BCUT2D eigenvalue weighted by Gasteiger charge is -2.28. The van der Waals surface area contributed by atoms with Gasteiger partial charge in [-0.3, -0.25) is 4.79 Å². The van der Waals surface area contributed by atoms with Gasteiger partial charge in [-0.2, -0.15) is 0 Å². The minimum atomic E-state index is -0.413. The van der Waals surface area contributed by atoms with E-state index in [0.29, 0.717) is 36.8 Å². The van der Waals surface area contributed by atoms with Crippen LogP contribution >= 0.6 is 0 Å². The first kappa shape index (κ1) is 31.3. The molecule has 0 aliphatic rings. The summed E-state index contributed by atoms with van der Waals surface area (Å²) in [7, 11) is 3.31. The number of hydrogen-bond donors (Lipinski definition) is 2. The number of benzene rings is 1. The highest BCUT2D eigenvalue weighted by Gasteiger charge is 2.20. The summed E-state index contributed by atoms with van der Waals surface area (Å²) in [4.78, 5) is 26.3. The van der Waals surface area contributed by atoms with E-state index >= 15 is 0 Å². The lowest BCUT2D eigenvalue weighted by Crippen LogP contribution is -2.27. The summed E-state index contributed by atoms with van der Waals surface area (Å²) >= 11 is 0. The predicted octanol–water partition coefficient (Wildman–Crippen LogP) is 5.42. The number of anilines is 3. The largest absolute Gasteiger partial charge is 0.495 e. The summed E-state index contributed by atoms with van der Waals surface area (Å²) in [5.74, 6) is 0.446. The summed E-state index contributed by atoms with van der Waals surface area (Å²) < 4.78 is 15.9. The van der Waals surface area contributed by atoms with Crippen LogP contribution in [-0.4, -0.2) is 52.4 Å². The van der Waals surface area contributed by atoms with E-state index in [1.54, 1.807) is 20.3 Å². The highest BCUT2D eigenvalue weighted by Crippen LogP contribution is 2.36. The van der Waals surface area contributed by atoms with Gasteiger partial charge in [0.1, 0.15) is 5.75 Å². The fraction of sp³-hybridized carbons (Fsp3) is 0.643. The van der Waals surface area contributed by atoms with Crippen LogP contribution in [0.1, 0.15) is 66.2 Å². The maximum Gasteiger partial charge on any atom is 0.330 e. The standard InChI is InChI=1S/C28H47N3O5/c1-8-27(33)36-16-12-10-14-31(13-9-11-15-34-6)24-19-23(22(29)18-25(24)35-7)30-26(32)17-21(2)20-28(3,4)5/h8,18-19,21H,1,9-17,20,29H2,2-7H3,(H,30,32). The molecule has 1 aromatic rings. The molecular formula is C28H47N3O5. The molecule has 0 bridgehead atoms. The van der Waals surface area contributed by atoms with Gasteiger partial charge in [-0.1, -0.05) is 34.3 Å². The molecule has 1 aromatic carbocycles. The minimum absolute atomic E-state index is 0.0507. The maximum absolute atomic E-state index is 12.8. The number of unbranched alkanes of at least 4 members (excludes halogenated alkanes) is 2. The van der Waals surface area contributed by atoms with Crippen LogP contribution < -0.4 is 20.7 Å². The van der Waals surface area contributed by atoms with Gasteiger partial charge in [-0.25, -0.2) is 4.79 Å². The van der Waals surface area contributed by atoms with Crippen molar-refractivity contribution in [1.82, 2.24) is 0 Å². The molecule has 1 rings (SSSR count). The third-order valence-electron chi connectivity index (χ3n) is 5.72. The first-order valence-electron chi connectivity index (χ1n) is 12.8. The molecule has 204 valence electrons. The van der Waals surface area contributed by atoms with E-state index < -0.39 is 5.97 Å². The lowest BCUT2D eigenvalue weighted by molar-refractivity contribution is -0.137. The third kappa shape index (κ3) is 12.3. The Bertz CT molecular complexity index is 835. The average Bonchev–Trinajstić information content (AvgIpc) is 2.79. The van der Waals surface area contributed by atoms with Crippen LogP contribution in [0, 0.1) is 11.3 Å². The van der Waals surface area contributed by atoms with Crippen LogP contribution in [0.4, 0.5) is 17.1 Å². The molecule has 36 heavy (non-hydrogen) atoms. The number of nitrogens with two attached hydrogens (primary N) is 1. The normalized spacial score (nSPS) is 12.1. The van der Waals surface area contributed by atoms with E-state index in [4.69, 9.17) is 19.9 Å². The Balaban J connectivity index is 3.00. The SMILES string of the molecule is C=CC(=O)OCCCCN(CCCCOC)c1cc(NC(=O)CC(C)CC(C)(C)C)c(N)cc1OC. The molecule has 0 aliphatic heterocycles.